The molecule has 1 aromatic carbocycles. The molecule has 0 saturated carbocycles. The highest BCUT2D eigenvalue weighted by Crippen LogP contribution is 2.33. The van der Waals surface area contributed by atoms with Crippen LogP contribution in [-0.4, -0.2) is 29.6 Å². The largest absolute Gasteiger partial charge is 0.480 e. The zero-order valence-corrected chi connectivity index (χ0v) is 13.1. The van der Waals surface area contributed by atoms with Gasteiger partial charge in [-0.3, -0.25) is 4.79 Å². The summed E-state index contributed by atoms with van der Waals surface area (Å²) in [7, 11) is 0. The number of aliphatic carboxylic acids is 1. The van der Waals surface area contributed by atoms with Gasteiger partial charge in [0.2, 0.25) is 5.91 Å². The van der Waals surface area contributed by atoms with Crippen molar-refractivity contribution < 1.29 is 19.4 Å². The third kappa shape index (κ3) is 4.66. The van der Waals surface area contributed by atoms with Gasteiger partial charge in [-0.1, -0.05) is 36.4 Å². The first-order valence-electron chi connectivity index (χ1n) is 7.94. The van der Waals surface area contributed by atoms with E-state index in [9.17, 15) is 14.7 Å². The first-order chi connectivity index (χ1) is 11.1. The molecule has 3 unspecified atom stereocenters. The zero-order chi connectivity index (χ0) is 16.7. The Morgan fingerprint density at radius 2 is 2.13 bits per heavy atom. The number of benzene rings is 1. The molecule has 5 nitrogen and oxygen atoms in total. The summed E-state index contributed by atoms with van der Waals surface area (Å²) < 4.78 is 5.80. The Bertz CT molecular complexity index is 543. The van der Waals surface area contributed by atoms with Gasteiger partial charge in [-0.15, -0.1) is 6.58 Å². The molecule has 2 rings (SSSR count). The van der Waals surface area contributed by atoms with E-state index in [1.165, 1.54) is 0 Å². The number of carboxylic acids is 1. The molecule has 0 aromatic heterocycles. The number of rotatable bonds is 7. The molecule has 0 spiro atoms. The maximum absolute atomic E-state index is 12.6. The SMILES string of the molecule is C=CCCC(NC(=O)C1CCCOC1c1ccccc1)C(=O)O. The normalized spacial score (nSPS) is 22.1. The lowest BCUT2D eigenvalue weighted by Crippen LogP contribution is -2.46. The molecule has 1 aliphatic rings. The highest BCUT2D eigenvalue weighted by atomic mass is 16.5. The van der Waals surface area contributed by atoms with E-state index >= 15 is 0 Å². The standard InChI is InChI=1S/C18H23NO4/c1-2-3-11-15(18(21)22)19-17(20)14-10-7-12-23-16(14)13-8-5-4-6-9-13/h2,4-6,8-9,14-16H,1,3,7,10-12H2,(H,19,20)(H,21,22). The van der Waals surface area contributed by atoms with Crippen LogP contribution in [0.1, 0.15) is 37.4 Å². The predicted molar refractivity (Wildman–Crippen MR) is 86.9 cm³/mol. The van der Waals surface area contributed by atoms with Gasteiger partial charge in [-0.2, -0.15) is 0 Å². The number of allylic oxidation sites excluding steroid dienone is 1. The summed E-state index contributed by atoms with van der Waals surface area (Å²) >= 11 is 0. The summed E-state index contributed by atoms with van der Waals surface area (Å²) in [6.07, 6.45) is 3.71. The summed E-state index contributed by atoms with van der Waals surface area (Å²) in [6, 6.07) is 8.71. The first-order valence-corrected chi connectivity index (χ1v) is 7.94. The second-order valence-electron chi connectivity index (χ2n) is 5.72. The third-order valence-corrected chi connectivity index (χ3v) is 4.06. The van der Waals surface area contributed by atoms with Crippen LogP contribution in [-0.2, 0) is 14.3 Å². The Hall–Kier alpha value is -2.14. The molecule has 1 heterocycles. The van der Waals surface area contributed by atoms with E-state index in [0.717, 1.165) is 12.0 Å². The number of amides is 1. The van der Waals surface area contributed by atoms with E-state index in [2.05, 4.69) is 11.9 Å². The number of carboxylic acid groups (broad SMARTS) is 1. The number of hydrogen-bond donors (Lipinski definition) is 2. The molecule has 3 atom stereocenters. The first kappa shape index (κ1) is 17.2. The topological polar surface area (TPSA) is 75.6 Å². The molecule has 1 saturated heterocycles. The molecule has 1 aromatic rings. The fraction of sp³-hybridized carbons (Fsp3) is 0.444. The van der Waals surface area contributed by atoms with Crippen LogP contribution in [0.15, 0.2) is 43.0 Å². The molecule has 2 N–H and O–H groups in total. The maximum Gasteiger partial charge on any atom is 0.326 e. The van der Waals surface area contributed by atoms with Crippen molar-refractivity contribution in [2.24, 2.45) is 5.92 Å². The van der Waals surface area contributed by atoms with Gasteiger partial charge in [0.15, 0.2) is 0 Å². The Morgan fingerprint density at radius 1 is 1.39 bits per heavy atom. The van der Waals surface area contributed by atoms with Crippen LogP contribution < -0.4 is 5.32 Å². The smallest absolute Gasteiger partial charge is 0.326 e. The van der Waals surface area contributed by atoms with Crippen LogP contribution in [0.5, 0.6) is 0 Å². The second-order valence-corrected chi connectivity index (χ2v) is 5.72. The third-order valence-electron chi connectivity index (χ3n) is 4.06. The average Bonchev–Trinajstić information content (AvgIpc) is 2.59. The van der Waals surface area contributed by atoms with Crippen molar-refractivity contribution in [3.05, 3.63) is 48.6 Å². The number of carbonyl (C=O) groups is 2. The number of nitrogens with one attached hydrogen (secondary N) is 1. The van der Waals surface area contributed by atoms with E-state index in [1.807, 2.05) is 30.3 Å². The Morgan fingerprint density at radius 3 is 2.78 bits per heavy atom. The lowest BCUT2D eigenvalue weighted by molar-refractivity contribution is -0.145. The van der Waals surface area contributed by atoms with Gasteiger partial charge in [-0.25, -0.2) is 4.79 Å². The number of ether oxygens (including phenoxy) is 1. The van der Waals surface area contributed by atoms with Gasteiger partial charge in [-0.05, 0) is 31.2 Å². The van der Waals surface area contributed by atoms with Crippen LogP contribution in [0, 0.1) is 5.92 Å². The minimum atomic E-state index is -1.02. The van der Waals surface area contributed by atoms with E-state index in [-0.39, 0.29) is 17.9 Å². The minimum absolute atomic E-state index is 0.255. The highest BCUT2D eigenvalue weighted by molar-refractivity contribution is 5.85. The molecular formula is C18H23NO4. The quantitative estimate of drug-likeness (QED) is 0.758. The molecular weight excluding hydrogens is 294 g/mol. The van der Waals surface area contributed by atoms with E-state index in [4.69, 9.17) is 4.74 Å². The van der Waals surface area contributed by atoms with Crippen LogP contribution in [0.25, 0.3) is 0 Å². The Labute approximate surface area is 136 Å². The second kappa shape index (κ2) is 8.48. The molecule has 0 bridgehead atoms. The zero-order valence-electron chi connectivity index (χ0n) is 13.1. The van der Waals surface area contributed by atoms with Crippen LogP contribution in [0.2, 0.25) is 0 Å². The number of carbonyl (C=O) groups excluding carboxylic acids is 1. The Kier molecular flexibility index (Phi) is 6.35. The van der Waals surface area contributed by atoms with Crippen molar-refractivity contribution in [2.75, 3.05) is 6.61 Å². The predicted octanol–water partition coefficient (Wildman–Crippen LogP) is 2.69. The minimum Gasteiger partial charge on any atom is -0.480 e. The molecule has 1 amide bonds. The summed E-state index contributed by atoms with van der Waals surface area (Å²) in [6.45, 7) is 4.20. The average molecular weight is 317 g/mol. The molecule has 5 heteroatoms. The van der Waals surface area contributed by atoms with Gasteiger partial charge in [0.1, 0.15) is 6.04 Å². The van der Waals surface area contributed by atoms with Crippen molar-refractivity contribution in [2.45, 2.75) is 37.8 Å². The molecule has 0 aliphatic carbocycles. The lowest BCUT2D eigenvalue weighted by atomic mass is 9.88. The van der Waals surface area contributed by atoms with Crippen LogP contribution in [0.3, 0.4) is 0 Å². The Balaban J connectivity index is 2.08. The van der Waals surface area contributed by atoms with Gasteiger partial charge in [0.05, 0.1) is 12.0 Å². The summed E-state index contributed by atoms with van der Waals surface area (Å²) in [5, 5.41) is 11.9. The van der Waals surface area contributed by atoms with E-state index < -0.39 is 12.0 Å². The summed E-state index contributed by atoms with van der Waals surface area (Å²) in [4.78, 5) is 23.9. The van der Waals surface area contributed by atoms with Crippen molar-refractivity contribution in [1.29, 1.82) is 0 Å². The number of hydrogen-bond acceptors (Lipinski definition) is 3. The molecule has 1 aliphatic heterocycles. The maximum atomic E-state index is 12.6. The van der Waals surface area contributed by atoms with Gasteiger partial charge < -0.3 is 15.2 Å². The van der Waals surface area contributed by atoms with Crippen LogP contribution >= 0.6 is 0 Å². The monoisotopic (exact) mass is 317 g/mol. The molecule has 124 valence electrons. The fourth-order valence-corrected chi connectivity index (χ4v) is 2.84. The van der Waals surface area contributed by atoms with E-state index in [0.29, 0.717) is 25.9 Å². The molecule has 1 fully saturated rings. The van der Waals surface area contributed by atoms with Crippen molar-refractivity contribution in [3.8, 4) is 0 Å². The summed E-state index contributed by atoms with van der Waals surface area (Å²) in [5.74, 6) is -1.64. The van der Waals surface area contributed by atoms with E-state index in [1.54, 1.807) is 6.08 Å². The van der Waals surface area contributed by atoms with Crippen molar-refractivity contribution >= 4 is 11.9 Å². The molecule has 0 radical (unpaired) electrons. The van der Waals surface area contributed by atoms with Gasteiger partial charge >= 0.3 is 5.97 Å². The molecule has 23 heavy (non-hydrogen) atoms. The van der Waals surface area contributed by atoms with Crippen molar-refractivity contribution in [3.63, 3.8) is 0 Å². The van der Waals surface area contributed by atoms with Crippen molar-refractivity contribution in [1.82, 2.24) is 5.32 Å². The highest BCUT2D eigenvalue weighted by Gasteiger charge is 2.34. The van der Waals surface area contributed by atoms with Gasteiger partial charge in [0.25, 0.3) is 0 Å². The summed E-state index contributed by atoms with van der Waals surface area (Å²) in [5.41, 5.74) is 0.949. The lowest BCUT2D eigenvalue weighted by Gasteiger charge is -2.32. The fourth-order valence-electron chi connectivity index (χ4n) is 2.84. The van der Waals surface area contributed by atoms with Crippen LogP contribution in [0.4, 0.5) is 0 Å². The van der Waals surface area contributed by atoms with Gasteiger partial charge in [0, 0.05) is 6.61 Å².